The van der Waals surface area contributed by atoms with Crippen molar-refractivity contribution in [2.24, 2.45) is 10.9 Å². The minimum atomic E-state index is -1.23. The third-order valence-electron chi connectivity index (χ3n) is 5.71. The van der Waals surface area contributed by atoms with Gasteiger partial charge in [0, 0.05) is 28.8 Å². The molecule has 196 valence electrons. The van der Waals surface area contributed by atoms with Crippen LogP contribution in [-0.4, -0.2) is 68.3 Å². The van der Waals surface area contributed by atoms with E-state index >= 15 is 0 Å². The van der Waals surface area contributed by atoms with Crippen molar-refractivity contribution in [3.63, 3.8) is 0 Å². The topological polar surface area (TPSA) is 207 Å². The number of anilines is 1. The Morgan fingerprint density at radius 1 is 1.37 bits per heavy atom. The summed E-state index contributed by atoms with van der Waals surface area (Å²) in [5.41, 5.74) is 10.5. The first-order valence-corrected chi connectivity index (χ1v) is 12.9. The first kappa shape index (κ1) is 25.2. The Bertz CT molecular complexity index is 1530. The second-order valence-electron chi connectivity index (χ2n) is 8.27. The summed E-state index contributed by atoms with van der Waals surface area (Å²) in [6.07, 6.45) is 3.79. The first-order valence-electron chi connectivity index (χ1n) is 11.0. The van der Waals surface area contributed by atoms with E-state index in [1.54, 1.807) is 11.3 Å². The van der Waals surface area contributed by atoms with Crippen molar-refractivity contribution >= 4 is 68.5 Å². The number of pyridine rings is 1. The number of amides is 3. The first-order chi connectivity index (χ1) is 18.2. The Morgan fingerprint density at radius 2 is 2.18 bits per heavy atom. The van der Waals surface area contributed by atoms with Crippen LogP contribution >= 0.6 is 23.1 Å². The van der Waals surface area contributed by atoms with Gasteiger partial charge in [-0.1, -0.05) is 10.3 Å². The molecule has 3 aromatic heterocycles. The fourth-order valence-electron chi connectivity index (χ4n) is 4.04. The highest BCUT2D eigenvalue weighted by Gasteiger charge is 2.54. The predicted octanol–water partition coefficient (Wildman–Crippen LogP) is -0.596. The van der Waals surface area contributed by atoms with Crippen molar-refractivity contribution in [3.8, 4) is 0 Å². The van der Waals surface area contributed by atoms with E-state index in [9.17, 15) is 24.3 Å². The number of nitrogens with zero attached hydrogens (tertiary/aromatic N) is 4. The normalized spacial score (nSPS) is 19.2. The van der Waals surface area contributed by atoms with Gasteiger partial charge in [0.15, 0.2) is 31.3 Å². The Hall–Kier alpha value is -4.44. The highest BCUT2D eigenvalue weighted by molar-refractivity contribution is 8.00. The van der Waals surface area contributed by atoms with Crippen LogP contribution in [0.5, 0.6) is 0 Å². The maximum Gasteiger partial charge on any atom is 0.352 e. The molecule has 0 spiro atoms. The standard InChI is InChI=1S/C22H19N7O7S2/c23-14(30)8-35-27-16(12-5-15(24)36-26-12)19(31)25-17-20(32)29-18(22(33)34)11(9-38-21(17)29)6-28-3-1-10-2-4-37-13(10)7-28/h1-5,7,17,21H,6,8-9H2,(H5-,23,24,25,26,30,31,33,34)/p+1/b27-16+/t17?,21-/m1/s1. The molecule has 2 atom stereocenters. The molecule has 6 N–H and O–H groups in total. The molecule has 1 saturated heterocycles. The molecule has 5 heterocycles. The molecule has 38 heavy (non-hydrogen) atoms. The van der Waals surface area contributed by atoms with Crippen molar-refractivity contribution in [2.75, 3.05) is 18.1 Å². The number of β-lactam (4-membered cyclic amide) rings is 1. The third kappa shape index (κ3) is 4.78. The summed E-state index contributed by atoms with van der Waals surface area (Å²) in [6, 6.07) is 4.11. The number of carbonyl (C=O) groups is 4. The van der Waals surface area contributed by atoms with Gasteiger partial charge in [0.2, 0.25) is 5.88 Å². The van der Waals surface area contributed by atoms with Gasteiger partial charge < -0.3 is 31.3 Å². The number of hydrogen-bond acceptors (Lipinski definition) is 11. The predicted molar refractivity (Wildman–Crippen MR) is 134 cm³/mol. The summed E-state index contributed by atoms with van der Waals surface area (Å²) < 4.78 is 7.69. The number of aromatic nitrogens is 2. The van der Waals surface area contributed by atoms with E-state index in [4.69, 9.17) is 20.8 Å². The van der Waals surface area contributed by atoms with E-state index in [1.165, 1.54) is 22.7 Å². The lowest BCUT2D eigenvalue weighted by atomic mass is 10.0. The minimum absolute atomic E-state index is 0.0995. The van der Waals surface area contributed by atoms with Crippen LogP contribution in [0.2, 0.25) is 0 Å². The lowest BCUT2D eigenvalue weighted by Crippen LogP contribution is -2.71. The van der Waals surface area contributed by atoms with Gasteiger partial charge in [-0.3, -0.25) is 19.3 Å². The molecule has 2 aliphatic heterocycles. The zero-order valence-electron chi connectivity index (χ0n) is 19.4. The number of nitrogen functional groups attached to an aromatic ring is 1. The molecule has 0 radical (unpaired) electrons. The number of thiophene rings is 1. The van der Waals surface area contributed by atoms with E-state index in [2.05, 4.69) is 15.6 Å². The quantitative estimate of drug-likeness (QED) is 0.113. The monoisotopic (exact) mass is 558 g/mol. The summed E-state index contributed by atoms with van der Waals surface area (Å²) in [6.45, 7) is -0.316. The van der Waals surface area contributed by atoms with Crippen molar-refractivity contribution in [3.05, 3.63) is 52.9 Å². The maximum absolute atomic E-state index is 13.1. The molecule has 0 aromatic carbocycles. The number of nitrogens with one attached hydrogen (secondary N) is 1. The number of nitrogens with two attached hydrogens (primary N) is 2. The zero-order valence-corrected chi connectivity index (χ0v) is 21.0. The number of oxime groups is 1. The molecule has 3 amide bonds. The summed E-state index contributed by atoms with van der Waals surface area (Å²) in [4.78, 5) is 55.2. The van der Waals surface area contributed by atoms with Gasteiger partial charge in [-0.25, -0.2) is 4.79 Å². The van der Waals surface area contributed by atoms with Crippen LogP contribution in [0.1, 0.15) is 5.69 Å². The zero-order chi connectivity index (χ0) is 27.0. The van der Waals surface area contributed by atoms with E-state index in [0.717, 1.165) is 10.1 Å². The Morgan fingerprint density at radius 3 is 2.89 bits per heavy atom. The number of rotatable bonds is 9. The highest BCUT2D eigenvalue weighted by atomic mass is 32.2. The molecule has 1 fully saturated rings. The molecule has 3 aromatic rings. The van der Waals surface area contributed by atoms with E-state index in [-0.39, 0.29) is 23.8 Å². The minimum Gasteiger partial charge on any atom is -0.477 e. The van der Waals surface area contributed by atoms with Crippen molar-refractivity contribution < 1.29 is 38.2 Å². The van der Waals surface area contributed by atoms with Crippen LogP contribution in [0.3, 0.4) is 0 Å². The van der Waals surface area contributed by atoms with Crippen molar-refractivity contribution in [1.82, 2.24) is 15.4 Å². The Labute approximate surface area is 221 Å². The molecule has 2 aliphatic rings. The van der Waals surface area contributed by atoms with Crippen LogP contribution in [-0.2, 0) is 30.6 Å². The number of carboxylic acid groups (broad SMARTS) is 1. The second kappa shape index (κ2) is 10.1. The van der Waals surface area contributed by atoms with Gasteiger partial charge in [0.25, 0.3) is 17.7 Å². The smallest absolute Gasteiger partial charge is 0.352 e. The van der Waals surface area contributed by atoms with Crippen molar-refractivity contribution in [1.29, 1.82) is 0 Å². The second-order valence-corrected chi connectivity index (χ2v) is 10.3. The lowest BCUT2D eigenvalue weighted by molar-refractivity contribution is -0.687. The summed E-state index contributed by atoms with van der Waals surface area (Å²) in [7, 11) is 0. The van der Waals surface area contributed by atoms with Crippen LogP contribution in [0.25, 0.3) is 10.1 Å². The van der Waals surface area contributed by atoms with E-state index < -0.39 is 47.4 Å². The largest absolute Gasteiger partial charge is 0.477 e. The fourth-order valence-corrected chi connectivity index (χ4v) is 6.21. The summed E-state index contributed by atoms with van der Waals surface area (Å²) in [5, 5.41) is 22.1. The third-order valence-corrected chi connectivity index (χ3v) is 7.92. The van der Waals surface area contributed by atoms with Gasteiger partial charge in [-0.2, -0.15) is 4.57 Å². The molecule has 0 saturated carbocycles. The Kier molecular flexibility index (Phi) is 6.73. The molecular formula is C22H20N7O7S2+. The maximum atomic E-state index is 13.1. The fraction of sp³-hybridized carbons (Fsp3) is 0.227. The number of aliphatic carboxylic acids is 1. The number of hydrogen-bond donors (Lipinski definition) is 4. The number of carboxylic acids is 1. The number of fused-ring (bicyclic) bond motifs is 2. The molecule has 14 nitrogen and oxygen atoms in total. The van der Waals surface area contributed by atoms with E-state index in [0.29, 0.717) is 11.3 Å². The molecular weight excluding hydrogens is 538 g/mol. The summed E-state index contributed by atoms with van der Waals surface area (Å²) >= 11 is 2.90. The highest BCUT2D eigenvalue weighted by Crippen LogP contribution is 2.40. The van der Waals surface area contributed by atoms with Gasteiger partial charge in [0.1, 0.15) is 22.8 Å². The van der Waals surface area contributed by atoms with Gasteiger partial charge in [-0.05, 0) is 11.4 Å². The molecule has 1 unspecified atom stereocenters. The average molecular weight is 559 g/mol. The summed E-state index contributed by atoms with van der Waals surface area (Å²) in [5.74, 6) is -3.30. The van der Waals surface area contributed by atoms with E-state index in [1.807, 2.05) is 34.5 Å². The lowest BCUT2D eigenvalue weighted by Gasteiger charge is -2.49. The van der Waals surface area contributed by atoms with Crippen molar-refractivity contribution in [2.45, 2.75) is 18.0 Å². The SMILES string of the molecule is NC(=O)CO/N=C(/C(=O)NC1C(=O)N2C(C(=O)O)=C(C[n+]3ccc4ccsc4c3)CS[C@H]12)c1cc(N)on1. The molecule has 0 aliphatic carbocycles. The molecule has 16 heteroatoms. The van der Waals surface area contributed by atoms with Gasteiger partial charge in [-0.15, -0.1) is 23.1 Å². The number of carbonyl (C=O) groups excluding carboxylic acids is 3. The average Bonchev–Trinajstić information content (AvgIpc) is 3.52. The Balaban J connectivity index is 1.34. The molecule has 0 bridgehead atoms. The molecule has 5 rings (SSSR count). The van der Waals surface area contributed by atoms with Gasteiger partial charge in [0.05, 0.1) is 4.70 Å². The number of primary amides is 1. The van der Waals surface area contributed by atoms with Crippen LogP contribution in [0.15, 0.2) is 56.9 Å². The van der Waals surface area contributed by atoms with Crippen LogP contribution < -0.4 is 21.4 Å². The number of thioether (sulfide) groups is 1. The van der Waals surface area contributed by atoms with Crippen LogP contribution in [0.4, 0.5) is 5.88 Å². The van der Waals surface area contributed by atoms with Crippen LogP contribution in [0, 0.1) is 0 Å². The van der Waals surface area contributed by atoms with Gasteiger partial charge >= 0.3 is 5.97 Å².